The van der Waals surface area contributed by atoms with Crippen molar-refractivity contribution >= 4 is 17.4 Å². The Kier molecular flexibility index (Phi) is 4.82. The second-order valence-corrected chi connectivity index (χ2v) is 8.11. The molecule has 0 amide bonds. The first-order valence-corrected chi connectivity index (χ1v) is 10.1. The van der Waals surface area contributed by atoms with Crippen LogP contribution in [0.15, 0.2) is 65.4 Å². The van der Waals surface area contributed by atoms with Crippen LogP contribution in [-0.4, -0.2) is 31.7 Å². The second kappa shape index (κ2) is 7.69. The molecule has 4 aromatic rings. The van der Waals surface area contributed by atoms with Crippen LogP contribution in [0.5, 0.6) is 11.8 Å². The minimum Gasteiger partial charge on any atom is -0.489 e. The molecule has 5 rings (SSSR count). The standard InChI is InChI=1S/C22H17ClN4O5/c1-22(12-26-10-19(27(28)29)25-21(26)32-22)13-31-17-8-4-14(5-9-17)18-11-30-20(24-18)15-2-6-16(23)7-3-15/h2-11H,12-13H2,1H3/t22-/m1/s1. The maximum atomic E-state index is 10.8. The number of fused-ring (bicyclic) bond motifs is 1. The Morgan fingerprint density at radius 1 is 1.16 bits per heavy atom. The first-order chi connectivity index (χ1) is 15.4. The minimum atomic E-state index is -0.671. The zero-order valence-electron chi connectivity index (χ0n) is 16.9. The topological polar surface area (TPSA) is 105 Å². The summed E-state index contributed by atoms with van der Waals surface area (Å²) in [6.45, 7) is 2.54. The Bertz CT molecular complexity index is 1260. The predicted octanol–water partition coefficient (Wildman–Crippen LogP) is 5.00. The SMILES string of the molecule is C[C@]1(COc2ccc(-c3coc(-c4ccc(Cl)cc4)n3)cc2)Cn2cc([N+](=O)[O-])nc2O1. The van der Waals surface area contributed by atoms with Crippen molar-refractivity contribution in [2.75, 3.05) is 6.61 Å². The van der Waals surface area contributed by atoms with Crippen molar-refractivity contribution in [1.29, 1.82) is 0 Å². The van der Waals surface area contributed by atoms with E-state index in [0.717, 1.165) is 11.1 Å². The van der Waals surface area contributed by atoms with Crippen LogP contribution in [0.25, 0.3) is 22.7 Å². The molecule has 0 bridgehead atoms. The highest BCUT2D eigenvalue weighted by molar-refractivity contribution is 6.30. The fraction of sp³-hybridized carbons (Fsp3) is 0.182. The van der Waals surface area contributed by atoms with Crippen LogP contribution >= 0.6 is 11.6 Å². The van der Waals surface area contributed by atoms with E-state index in [-0.39, 0.29) is 18.4 Å². The van der Waals surface area contributed by atoms with Gasteiger partial charge in [0, 0.05) is 21.1 Å². The van der Waals surface area contributed by atoms with Crippen molar-refractivity contribution in [2.45, 2.75) is 19.1 Å². The molecule has 162 valence electrons. The van der Waals surface area contributed by atoms with Crippen molar-refractivity contribution in [3.63, 3.8) is 0 Å². The summed E-state index contributed by atoms with van der Waals surface area (Å²) in [6.07, 6.45) is 2.97. The maximum Gasteiger partial charge on any atom is 0.415 e. The lowest BCUT2D eigenvalue weighted by atomic mass is 10.1. The Morgan fingerprint density at radius 3 is 2.56 bits per heavy atom. The summed E-state index contributed by atoms with van der Waals surface area (Å²) in [5.41, 5.74) is 1.77. The maximum absolute atomic E-state index is 10.8. The fourth-order valence-electron chi connectivity index (χ4n) is 3.45. The number of hydrogen-bond acceptors (Lipinski definition) is 7. The molecule has 9 nitrogen and oxygen atoms in total. The fourth-order valence-corrected chi connectivity index (χ4v) is 3.57. The van der Waals surface area contributed by atoms with Gasteiger partial charge in [-0.1, -0.05) is 11.6 Å². The van der Waals surface area contributed by atoms with Gasteiger partial charge in [-0.3, -0.25) is 4.57 Å². The lowest BCUT2D eigenvalue weighted by molar-refractivity contribution is -0.389. The summed E-state index contributed by atoms with van der Waals surface area (Å²) < 4.78 is 18.9. The van der Waals surface area contributed by atoms with Gasteiger partial charge in [0.15, 0.2) is 5.60 Å². The zero-order valence-corrected chi connectivity index (χ0v) is 17.7. The number of ether oxygens (including phenoxy) is 2. The predicted molar refractivity (Wildman–Crippen MR) is 116 cm³/mol. The van der Waals surface area contributed by atoms with Gasteiger partial charge in [0.2, 0.25) is 5.89 Å². The van der Waals surface area contributed by atoms with Crippen molar-refractivity contribution < 1.29 is 18.8 Å². The second-order valence-electron chi connectivity index (χ2n) is 7.68. The quantitative estimate of drug-likeness (QED) is 0.299. The third kappa shape index (κ3) is 3.90. The molecule has 0 radical (unpaired) electrons. The molecule has 32 heavy (non-hydrogen) atoms. The van der Waals surface area contributed by atoms with E-state index in [4.69, 9.17) is 25.5 Å². The molecule has 0 saturated carbocycles. The summed E-state index contributed by atoms with van der Waals surface area (Å²) in [5.74, 6) is 0.946. The summed E-state index contributed by atoms with van der Waals surface area (Å²) in [6, 6.07) is 15.0. The van der Waals surface area contributed by atoms with Gasteiger partial charge in [-0.2, -0.15) is 0 Å². The zero-order chi connectivity index (χ0) is 22.3. The molecule has 0 N–H and O–H groups in total. The smallest absolute Gasteiger partial charge is 0.415 e. The molecule has 1 aliphatic heterocycles. The van der Waals surface area contributed by atoms with Crippen LogP contribution in [0.4, 0.5) is 5.82 Å². The van der Waals surface area contributed by atoms with E-state index in [1.165, 1.54) is 6.20 Å². The average Bonchev–Trinajstić information content (AvgIpc) is 3.47. The van der Waals surface area contributed by atoms with Gasteiger partial charge >= 0.3 is 11.8 Å². The van der Waals surface area contributed by atoms with E-state index in [1.807, 2.05) is 43.3 Å². The summed E-state index contributed by atoms with van der Waals surface area (Å²) >= 11 is 5.93. The van der Waals surface area contributed by atoms with Gasteiger partial charge in [-0.25, -0.2) is 4.98 Å². The molecular formula is C22H17ClN4O5. The molecule has 3 heterocycles. The summed E-state index contributed by atoms with van der Waals surface area (Å²) in [5, 5.41) is 11.5. The molecule has 0 saturated heterocycles. The van der Waals surface area contributed by atoms with Gasteiger partial charge in [-0.15, -0.1) is 0 Å². The molecule has 10 heteroatoms. The minimum absolute atomic E-state index is 0.223. The Labute approximate surface area is 187 Å². The molecule has 1 atom stereocenters. The Morgan fingerprint density at radius 2 is 1.88 bits per heavy atom. The first kappa shape index (κ1) is 20.1. The van der Waals surface area contributed by atoms with Crippen molar-refractivity contribution in [3.8, 4) is 34.5 Å². The van der Waals surface area contributed by atoms with Gasteiger partial charge < -0.3 is 24.0 Å². The monoisotopic (exact) mass is 452 g/mol. The number of nitrogens with zero attached hydrogens (tertiary/aromatic N) is 4. The number of hydrogen-bond donors (Lipinski definition) is 0. The average molecular weight is 453 g/mol. The lowest BCUT2D eigenvalue weighted by Gasteiger charge is -2.22. The number of benzene rings is 2. The number of rotatable bonds is 6. The highest BCUT2D eigenvalue weighted by atomic mass is 35.5. The normalized spacial score (nSPS) is 17.1. The number of aromatic nitrogens is 3. The van der Waals surface area contributed by atoms with E-state index in [0.29, 0.717) is 28.9 Å². The summed E-state index contributed by atoms with van der Waals surface area (Å²) in [7, 11) is 0. The van der Waals surface area contributed by atoms with Crippen LogP contribution in [0.2, 0.25) is 5.02 Å². The molecule has 0 aliphatic carbocycles. The Balaban J connectivity index is 1.22. The third-order valence-electron chi connectivity index (χ3n) is 5.05. The number of oxazole rings is 1. The molecule has 0 spiro atoms. The van der Waals surface area contributed by atoms with Crippen LogP contribution in [0, 0.1) is 10.1 Å². The molecule has 0 unspecified atom stereocenters. The highest BCUT2D eigenvalue weighted by Crippen LogP contribution is 2.32. The largest absolute Gasteiger partial charge is 0.489 e. The van der Waals surface area contributed by atoms with Crippen molar-refractivity contribution in [2.24, 2.45) is 0 Å². The van der Waals surface area contributed by atoms with E-state index in [2.05, 4.69) is 9.97 Å². The van der Waals surface area contributed by atoms with Gasteiger partial charge in [-0.05, 0) is 60.4 Å². The first-order valence-electron chi connectivity index (χ1n) is 9.74. The molecule has 2 aromatic heterocycles. The summed E-state index contributed by atoms with van der Waals surface area (Å²) in [4.78, 5) is 18.7. The number of imidazole rings is 1. The van der Waals surface area contributed by atoms with Crippen LogP contribution in [0.3, 0.4) is 0 Å². The van der Waals surface area contributed by atoms with Crippen molar-refractivity contribution in [1.82, 2.24) is 14.5 Å². The molecule has 2 aromatic carbocycles. The van der Waals surface area contributed by atoms with Gasteiger partial charge in [0.25, 0.3) is 0 Å². The van der Waals surface area contributed by atoms with Crippen LogP contribution < -0.4 is 9.47 Å². The number of halogens is 1. The lowest BCUT2D eigenvalue weighted by Crippen LogP contribution is -2.38. The van der Waals surface area contributed by atoms with E-state index >= 15 is 0 Å². The van der Waals surface area contributed by atoms with E-state index in [9.17, 15) is 10.1 Å². The van der Waals surface area contributed by atoms with Gasteiger partial charge in [0.1, 0.15) is 30.5 Å². The molecular weight excluding hydrogens is 436 g/mol. The third-order valence-corrected chi connectivity index (χ3v) is 5.30. The molecule has 1 aliphatic rings. The Hall–Kier alpha value is -3.85. The van der Waals surface area contributed by atoms with Gasteiger partial charge in [0.05, 0.1) is 6.54 Å². The van der Waals surface area contributed by atoms with Crippen molar-refractivity contribution in [3.05, 3.63) is 76.1 Å². The number of nitro groups is 1. The van der Waals surface area contributed by atoms with E-state index < -0.39 is 10.5 Å². The van der Waals surface area contributed by atoms with Crippen LogP contribution in [-0.2, 0) is 6.54 Å². The highest BCUT2D eigenvalue weighted by Gasteiger charge is 2.41. The van der Waals surface area contributed by atoms with E-state index in [1.54, 1.807) is 23.0 Å². The van der Waals surface area contributed by atoms with Crippen LogP contribution in [0.1, 0.15) is 6.92 Å². The molecule has 0 fully saturated rings.